The fourth-order valence-electron chi connectivity index (χ4n) is 0.239. The van der Waals surface area contributed by atoms with E-state index in [9.17, 15) is 0 Å². The zero-order valence-electron chi connectivity index (χ0n) is 4.52. The Hall–Kier alpha value is -0.440. The molecule has 0 atom stereocenters. The highest BCUT2D eigenvalue weighted by atomic mass is 79.9. The summed E-state index contributed by atoms with van der Waals surface area (Å²) in [5.41, 5.74) is 0. The molecule has 2 N–H and O–H groups in total. The van der Waals surface area contributed by atoms with E-state index in [4.69, 9.17) is 12.8 Å². The maximum atomic E-state index is 4.92. The zero-order chi connectivity index (χ0) is 5.54. The highest BCUT2D eigenvalue weighted by Gasteiger charge is 1.74. The summed E-state index contributed by atoms with van der Waals surface area (Å²) in [4.78, 5) is 0. The molecule has 0 aliphatic carbocycles. The van der Waals surface area contributed by atoms with Gasteiger partial charge < -0.3 is 22.3 Å². The van der Waals surface area contributed by atoms with Crippen LogP contribution in [0.4, 0.5) is 0 Å². The van der Waals surface area contributed by atoms with Gasteiger partial charge in [0.25, 0.3) is 0 Å². The second kappa shape index (κ2) is 9.75. The van der Waals surface area contributed by atoms with Gasteiger partial charge in [0.2, 0.25) is 0 Å². The summed E-state index contributed by atoms with van der Waals surface area (Å²) < 4.78 is 0. The van der Waals surface area contributed by atoms with Crippen LogP contribution in [0.3, 0.4) is 0 Å². The quantitative estimate of drug-likeness (QED) is 0.323. The highest BCUT2D eigenvalue weighted by molar-refractivity contribution is 4.84. The van der Waals surface area contributed by atoms with E-state index in [0.717, 1.165) is 0 Å². The summed E-state index contributed by atoms with van der Waals surface area (Å²) in [6.07, 6.45) is 9.84. The Bertz CT molecular complexity index is 92.7. The maximum absolute atomic E-state index is 4.92. The topological polar surface area (TPSA) is 16.6 Å². The van der Waals surface area contributed by atoms with Crippen LogP contribution in [0, 0.1) is 24.7 Å². The van der Waals surface area contributed by atoms with Crippen LogP contribution in [0.2, 0.25) is 0 Å². The Kier molecular flexibility index (Phi) is 12.8. The van der Waals surface area contributed by atoms with Gasteiger partial charge in [-0.15, -0.1) is 12.8 Å². The minimum atomic E-state index is 0. The maximum Gasteiger partial charge on any atom is 0.138 e. The van der Waals surface area contributed by atoms with Crippen LogP contribution in [0.15, 0.2) is 0 Å². The van der Waals surface area contributed by atoms with Crippen molar-refractivity contribution in [3.05, 3.63) is 0 Å². The monoisotopic (exact) mass is 173 g/mol. The van der Waals surface area contributed by atoms with Crippen molar-refractivity contribution >= 4 is 0 Å². The molecule has 0 bridgehead atoms. The molecule has 0 aromatic carbocycles. The van der Waals surface area contributed by atoms with Gasteiger partial charge in [0, 0.05) is 0 Å². The van der Waals surface area contributed by atoms with Crippen LogP contribution in [0.5, 0.6) is 0 Å². The Morgan fingerprint density at radius 2 is 1.50 bits per heavy atom. The molecule has 0 unspecified atom stereocenters. The number of hydrogen-bond donors (Lipinski definition) is 1. The second-order valence-electron chi connectivity index (χ2n) is 1.11. The molecule has 0 aliphatic rings. The third-order valence-electron chi connectivity index (χ3n) is 0.524. The summed E-state index contributed by atoms with van der Waals surface area (Å²) >= 11 is 0. The van der Waals surface area contributed by atoms with Crippen molar-refractivity contribution in [2.45, 2.75) is 0 Å². The highest BCUT2D eigenvalue weighted by Crippen LogP contribution is 1.34. The van der Waals surface area contributed by atoms with Gasteiger partial charge in [-0.1, -0.05) is 0 Å². The van der Waals surface area contributed by atoms with E-state index < -0.39 is 0 Å². The predicted octanol–water partition coefficient (Wildman–Crippen LogP) is -4.18. The molecule has 0 fully saturated rings. The molecule has 0 aliphatic heterocycles. The lowest BCUT2D eigenvalue weighted by Gasteiger charge is -1.83. The van der Waals surface area contributed by atoms with Crippen LogP contribution in [-0.2, 0) is 0 Å². The van der Waals surface area contributed by atoms with E-state index in [1.165, 1.54) is 0 Å². The molecule has 1 nitrogen and oxygen atoms in total. The molecule has 0 rings (SSSR count). The number of hydrogen-bond acceptors (Lipinski definition) is 0. The first kappa shape index (κ1) is 10.5. The van der Waals surface area contributed by atoms with Gasteiger partial charge in [-0.3, -0.25) is 0 Å². The molecule has 0 heterocycles. The second-order valence-corrected chi connectivity index (χ2v) is 1.11. The lowest BCUT2D eigenvalue weighted by Crippen LogP contribution is -3.00. The average Bonchev–Trinajstić information content (AvgIpc) is 1.69. The fourth-order valence-corrected chi connectivity index (χ4v) is 0.239. The normalized spacial score (nSPS) is 5.75. The van der Waals surface area contributed by atoms with Crippen molar-refractivity contribution in [1.82, 2.24) is 0 Å². The predicted molar refractivity (Wildman–Crippen MR) is 29.3 cm³/mol. The Labute approximate surface area is 60.6 Å². The van der Waals surface area contributed by atoms with Gasteiger partial charge in [0.1, 0.15) is 13.1 Å². The Balaban J connectivity index is 0. The molecule has 0 aromatic rings. The lowest BCUT2D eigenvalue weighted by atomic mass is 10.6. The molecule has 8 heavy (non-hydrogen) atoms. The van der Waals surface area contributed by atoms with Gasteiger partial charge >= 0.3 is 0 Å². The van der Waals surface area contributed by atoms with Crippen molar-refractivity contribution in [3.63, 3.8) is 0 Å². The summed E-state index contributed by atoms with van der Waals surface area (Å²) in [5, 5.41) is 1.89. The molecule has 0 radical (unpaired) electrons. The number of terminal acetylenes is 2. The van der Waals surface area contributed by atoms with Crippen LogP contribution >= 0.6 is 0 Å². The first-order valence-electron chi connectivity index (χ1n) is 2.10. The van der Waals surface area contributed by atoms with Crippen LogP contribution in [0.1, 0.15) is 0 Å². The minimum absolute atomic E-state index is 0. The van der Waals surface area contributed by atoms with E-state index >= 15 is 0 Å². The summed E-state index contributed by atoms with van der Waals surface area (Å²) in [6.45, 7) is 1.37. The molecule has 0 saturated heterocycles. The van der Waals surface area contributed by atoms with E-state index in [1.54, 1.807) is 0 Å². The first-order chi connectivity index (χ1) is 3.41. The largest absolute Gasteiger partial charge is 1.00 e. The Morgan fingerprint density at radius 3 is 1.75 bits per heavy atom. The third kappa shape index (κ3) is 9.12. The minimum Gasteiger partial charge on any atom is -1.00 e. The van der Waals surface area contributed by atoms with Gasteiger partial charge in [-0.25, -0.2) is 0 Å². The van der Waals surface area contributed by atoms with E-state index in [-0.39, 0.29) is 17.0 Å². The standard InChI is InChI=1S/C6H7N.BrH/c1-3-5-7-6-4-2;/h1-2,7H,5-6H2;1H. The SMILES string of the molecule is C#CC[NH2+]CC#C.[Br-]. The van der Waals surface area contributed by atoms with Crippen molar-refractivity contribution in [2.75, 3.05) is 13.1 Å². The van der Waals surface area contributed by atoms with Crippen LogP contribution in [-0.4, -0.2) is 13.1 Å². The van der Waals surface area contributed by atoms with Crippen molar-refractivity contribution < 1.29 is 22.3 Å². The number of nitrogens with two attached hydrogens (primary N) is 1. The number of quaternary nitrogens is 1. The van der Waals surface area contributed by atoms with Gasteiger partial charge in [0.15, 0.2) is 0 Å². The number of halogens is 1. The van der Waals surface area contributed by atoms with Crippen LogP contribution < -0.4 is 22.3 Å². The molecule has 44 valence electrons. The smallest absolute Gasteiger partial charge is 0.138 e. The molecule has 2 heteroatoms. The molecule has 0 amide bonds. The van der Waals surface area contributed by atoms with E-state index in [2.05, 4.69) is 11.8 Å². The van der Waals surface area contributed by atoms with E-state index in [1.807, 2.05) is 5.32 Å². The molecular formula is C6H8BrN. The van der Waals surface area contributed by atoms with Crippen molar-refractivity contribution in [3.8, 4) is 24.7 Å². The third-order valence-corrected chi connectivity index (χ3v) is 0.524. The average molecular weight is 174 g/mol. The summed E-state index contributed by atoms with van der Waals surface area (Å²) in [5.74, 6) is 4.90. The zero-order valence-corrected chi connectivity index (χ0v) is 6.11. The lowest BCUT2D eigenvalue weighted by molar-refractivity contribution is -0.632. The van der Waals surface area contributed by atoms with Gasteiger partial charge in [0.05, 0.1) is 0 Å². The van der Waals surface area contributed by atoms with Crippen molar-refractivity contribution in [2.24, 2.45) is 0 Å². The fraction of sp³-hybridized carbons (Fsp3) is 0.333. The summed E-state index contributed by atoms with van der Waals surface area (Å²) in [7, 11) is 0. The van der Waals surface area contributed by atoms with E-state index in [0.29, 0.717) is 13.1 Å². The molecule has 0 aromatic heterocycles. The van der Waals surface area contributed by atoms with Crippen molar-refractivity contribution in [1.29, 1.82) is 0 Å². The number of rotatable bonds is 2. The molecule has 0 spiro atoms. The molecule has 0 saturated carbocycles. The van der Waals surface area contributed by atoms with Gasteiger partial charge in [-0.2, -0.15) is 0 Å². The van der Waals surface area contributed by atoms with Gasteiger partial charge in [-0.05, 0) is 11.8 Å². The summed E-state index contributed by atoms with van der Waals surface area (Å²) in [6, 6.07) is 0. The first-order valence-corrected chi connectivity index (χ1v) is 2.10. The molecular weight excluding hydrogens is 166 g/mol. The van der Waals surface area contributed by atoms with Crippen LogP contribution in [0.25, 0.3) is 0 Å². The Morgan fingerprint density at radius 1 is 1.12 bits per heavy atom.